The Labute approximate surface area is 93.9 Å². The van der Waals surface area contributed by atoms with Gasteiger partial charge in [0.25, 0.3) is 0 Å². The van der Waals surface area contributed by atoms with E-state index in [1.807, 2.05) is 19.2 Å². The van der Waals surface area contributed by atoms with E-state index in [1.54, 1.807) is 5.51 Å². The SMILES string of the molecule is CCC(N)(CC)C(=O)NCc1cscn1. The third-order valence-electron chi connectivity index (χ3n) is 2.63. The lowest BCUT2D eigenvalue weighted by Gasteiger charge is -2.24. The van der Waals surface area contributed by atoms with Gasteiger partial charge in [-0.25, -0.2) is 4.98 Å². The van der Waals surface area contributed by atoms with Crippen LogP contribution in [0.15, 0.2) is 10.9 Å². The highest BCUT2D eigenvalue weighted by molar-refractivity contribution is 7.07. The molecule has 0 saturated carbocycles. The monoisotopic (exact) mass is 227 g/mol. The van der Waals surface area contributed by atoms with Crippen LogP contribution in [-0.4, -0.2) is 16.4 Å². The van der Waals surface area contributed by atoms with Crippen LogP contribution in [0, 0.1) is 0 Å². The summed E-state index contributed by atoms with van der Waals surface area (Å²) < 4.78 is 0. The number of hydrogen-bond acceptors (Lipinski definition) is 4. The van der Waals surface area contributed by atoms with Gasteiger partial charge in [-0.2, -0.15) is 0 Å². The molecule has 0 unspecified atom stereocenters. The first-order valence-electron chi connectivity index (χ1n) is 5.06. The summed E-state index contributed by atoms with van der Waals surface area (Å²) in [5.41, 5.74) is 7.83. The van der Waals surface area contributed by atoms with Crippen molar-refractivity contribution >= 4 is 17.2 Å². The molecule has 0 saturated heterocycles. The first-order valence-corrected chi connectivity index (χ1v) is 6.01. The number of thiazole rings is 1. The van der Waals surface area contributed by atoms with Gasteiger partial charge in [-0.15, -0.1) is 11.3 Å². The van der Waals surface area contributed by atoms with Crippen LogP contribution < -0.4 is 11.1 Å². The number of nitrogens with zero attached hydrogens (tertiary/aromatic N) is 1. The van der Waals surface area contributed by atoms with E-state index in [0.29, 0.717) is 19.4 Å². The molecule has 0 aliphatic heterocycles. The molecule has 0 bridgehead atoms. The molecule has 0 radical (unpaired) electrons. The summed E-state index contributed by atoms with van der Waals surface area (Å²) in [5, 5.41) is 4.72. The van der Waals surface area contributed by atoms with Crippen LogP contribution in [0.5, 0.6) is 0 Å². The number of aromatic nitrogens is 1. The highest BCUT2D eigenvalue weighted by atomic mass is 32.1. The lowest BCUT2D eigenvalue weighted by atomic mass is 9.93. The van der Waals surface area contributed by atoms with Crippen molar-refractivity contribution in [3.05, 3.63) is 16.6 Å². The molecular weight excluding hydrogens is 210 g/mol. The zero-order valence-electron chi connectivity index (χ0n) is 9.12. The summed E-state index contributed by atoms with van der Waals surface area (Å²) in [7, 11) is 0. The summed E-state index contributed by atoms with van der Waals surface area (Å²) in [6.07, 6.45) is 1.29. The zero-order chi connectivity index (χ0) is 11.3. The van der Waals surface area contributed by atoms with Crippen molar-refractivity contribution in [1.82, 2.24) is 10.3 Å². The summed E-state index contributed by atoms with van der Waals surface area (Å²) in [4.78, 5) is 15.8. The smallest absolute Gasteiger partial charge is 0.240 e. The molecule has 1 aromatic rings. The van der Waals surface area contributed by atoms with Gasteiger partial charge < -0.3 is 11.1 Å². The minimum Gasteiger partial charge on any atom is -0.349 e. The summed E-state index contributed by atoms with van der Waals surface area (Å²) in [6.45, 7) is 4.30. The van der Waals surface area contributed by atoms with Crippen LogP contribution in [0.4, 0.5) is 0 Å². The number of carbonyl (C=O) groups excluding carboxylic acids is 1. The van der Waals surface area contributed by atoms with E-state index in [0.717, 1.165) is 5.69 Å². The zero-order valence-corrected chi connectivity index (χ0v) is 9.93. The highest BCUT2D eigenvalue weighted by Crippen LogP contribution is 2.11. The normalized spacial score (nSPS) is 11.4. The summed E-state index contributed by atoms with van der Waals surface area (Å²) >= 11 is 1.52. The average molecular weight is 227 g/mol. The third-order valence-corrected chi connectivity index (χ3v) is 3.26. The maximum absolute atomic E-state index is 11.8. The van der Waals surface area contributed by atoms with E-state index in [2.05, 4.69) is 10.3 Å². The molecule has 84 valence electrons. The van der Waals surface area contributed by atoms with Crippen molar-refractivity contribution in [3.8, 4) is 0 Å². The molecule has 4 nitrogen and oxygen atoms in total. The number of amides is 1. The summed E-state index contributed by atoms with van der Waals surface area (Å²) in [6, 6.07) is 0. The minimum atomic E-state index is -0.740. The van der Waals surface area contributed by atoms with E-state index in [4.69, 9.17) is 5.73 Å². The van der Waals surface area contributed by atoms with Gasteiger partial charge in [0.2, 0.25) is 5.91 Å². The van der Waals surface area contributed by atoms with Crippen LogP contribution in [-0.2, 0) is 11.3 Å². The molecule has 1 heterocycles. The molecule has 0 aromatic carbocycles. The highest BCUT2D eigenvalue weighted by Gasteiger charge is 2.29. The lowest BCUT2D eigenvalue weighted by Crippen LogP contribution is -2.52. The van der Waals surface area contributed by atoms with Gasteiger partial charge in [-0.05, 0) is 12.8 Å². The Morgan fingerprint density at radius 1 is 1.60 bits per heavy atom. The van der Waals surface area contributed by atoms with Crippen LogP contribution in [0.1, 0.15) is 32.4 Å². The average Bonchev–Trinajstić information content (AvgIpc) is 2.77. The van der Waals surface area contributed by atoms with Gasteiger partial charge in [0.15, 0.2) is 0 Å². The predicted molar refractivity (Wildman–Crippen MR) is 61.5 cm³/mol. The van der Waals surface area contributed by atoms with Crippen LogP contribution in [0.2, 0.25) is 0 Å². The third kappa shape index (κ3) is 3.00. The van der Waals surface area contributed by atoms with Gasteiger partial charge in [0.1, 0.15) is 0 Å². The fourth-order valence-electron chi connectivity index (χ4n) is 1.24. The predicted octanol–water partition coefficient (Wildman–Crippen LogP) is 1.28. The Hall–Kier alpha value is -0.940. The lowest BCUT2D eigenvalue weighted by molar-refractivity contribution is -0.126. The number of rotatable bonds is 5. The van der Waals surface area contributed by atoms with Crippen molar-refractivity contribution in [2.24, 2.45) is 5.73 Å². The quantitative estimate of drug-likeness (QED) is 0.796. The molecule has 5 heteroatoms. The molecule has 0 atom stereocenters. The Balaban J connectivity index is 2.48. The molecular formula is C10H17N3OS. The van der Waals surface area contributed by atoms with Crippen molar-refractivity contribution in [2.45, 2.75) is 38.8 Å². The largest absolute Gasteiger partial charge is 0.349 e. The molecule has 1 aromatic heterocycles. The molecule has 0 fully saturated rings. The second kappa shape index (κ2) is 5.23. The van der Waals surface area contributed by atoms with E-state index >= 15 is 0 Å². The Bertz CT molecular complexity index is 306. The molecule has 0 spiro atoms. The van der Waals surface area contributed by atoms with Gasteiger partial charge in [-0.3, -0.25) is 4.79 Å². The second-order valence-corrected chi connectivity index (χ2v) is 4.24. The van der Waals surface area contributed by atoms with E-state index in [-0.39, 0.29) is 5.91 Å². The number of nitrogens with one attached hydrogen (secondary N) is 1. The maximum Gasteiger partial charge on any atom is 0.240 e. The van der Waals surface area contributed by atoms with Crippen LogP contribution >= 0.6 is 11.3 Å². The van der Waals surface area contributed by atoms with E-state index in [9.17, 15) is 4.79 Å². The van der Waals surface area contributed by atoms with Crippen LogP contribution in [0.3, 0.4) is 0 Å². The molecule has 1 amide bonds. The number of hydrogen-bond donors (Lipinski definition) is 2. The Kier molecular flexibility index (Phi) is 4.23. The van der Waals surface area contributed by atoms with Crippen molar-refractivity contribution < 1.29 is 4.79 Å². The molecule has 3 N–H and O–H groups in total. The summed E-state index contributed by atoms with van der Waals surface area (Å²) in [5.74, 6) is -0.0968. The van der Waals surface area contributed by atoms with E-state index < -0.39 is 5.54 Å². The molecule has 0 aliphatic carbocycles. The second-order valence-electron chi connectivity index (χ2n) is 3.53. The van der Waals surface area contributed by atoms with Gasteiger partial charge in [-0.1, -0.05) is 13.8 Å². The first-order chi connectivity index (χ1) is 7.12. The van der Waals surface area contributed by atoms with Gasteiger partial charge in [0.05, 0.1) is 23.3 Å². The van der Waals surface area contributed by atoms with E-state index in [1.165, 1.54) is 11.3 Å². The Morgan fingerprint density at radius 2 is 2.27 bits per heavy atom. The molecule has 1 rings (SSSR count). The van der Waals surface area contributed by atoms with Crippen molar-refractivity contribution in [2.75, 3.05) is 0 Å². The number of nitrogens with two attached hydrogens (primary N) is 1. The van der Waals surface area contributed by atoms with Gasteiger partial charge in [0, 0.05) is 5.38 Å². The minimum absolute atomic E-state index is 0.0968. The first kappa shape index (κ1) is 12.1. The molecule has 0 aliphatic rings. The fraction of sp³-hybridized carbons (Fsp3) is 0.600. The van der Waals surface area contributed by atoms with Crippen LogP contribution in [0.25, 0.3) is 0 Å². The standard InChI is InChI=1S/C10H17N3OS/c1-3-10(11,4-2)9(14)12-5-8-6-15-7-13-8/h6-7H,3-5,11H2,1-2H3,(H,12,14). The Morgan fingerprint density at radius 3 is 2.73 bits per heavy atom. The topological polar surface area (TPSA) is 68.0 Å². The van der Waals surface area contributed by atoms with Crippen molar-refractivity contribution in [1.29, 1.82) is 0 Å². The maximum atomic E-state index is 11.8. The van der Waals surface area contributed by atoms with Crippen molar-refractivity contribution in [3.63, 3.8) is 0 Å². The van der Waals surface area contributed by atoms with Gasteiger partial charge >= 0.3 is 0 Å². The molecule has 15 heavy (non-hydrogen) atoms. The number of carbonyl (C=O) groups is 1. The fourth-order valence-corrected chi connectivity index (χ4v) is 1.80.